The summed E-state index contributed by atoms with van der Waals surface area (Å²) in [5, 5.41) is 20.7. The van der Waals surface area contributed by atoms with Gasteiger partial charge in [0.25, 0.3) is 10.0 Å². The maximum Gasteiger partial charge on any atom is 0.256 e. The third kappa shape index (κ3) is 5.52. The van der Waals surface area contributed by atoms with Crippen LogP contribution in [0.3, 0.4) is 0 Å². The summed E-state index contributed by atoms with van der Waals surface area (Å²) in [6.45, 7) is 1.85. The molecule has 3 N–H and O–H groups in total. The van der Waals surface area contributed by atoms with Gasteiger partial charge in [-0.25, -0.2) is 27.8 Å². The Labute approximate surface area is 231 Å². The molecule has 0 amide bonds. The molecule has 6 rings (SSSR count). The second-order valence-electron chi connectivity index (χ2n) is 10.6. The number of nitrogens with zero attached hydrogens (tertiary/aromatic N) is 6. The quantitative estimate of drug-likeness (QED) is 0.285. The van der Waals surface area contributed by atoms with E-state index in [4.69, 9.17) is 0 Å². The summed E-state index contributed by atoms with van der Waals surface area (Å²) in [4.78, 5) is 17.5. The molecule has 40 heavy (non-hydrogen) atoms. The van der Waals surface area contributed by atoms with Crippen LogP contribution in [0.2, 0.25) is 0 Å². The van der Waals surface area contributed by atoms with E-state index in [-0.39, 0.29) is 17.0 Å². The molecular weight excluding hydrogens is 535 g/mol. The molecule has 2 fully saturated rings. The molecule has 2 aliphatic rings. The zero-order valence-corrected chi connectivity index (χ0v) is 22.6. The summed E-state index contributed by atoms with van der Waals surface area (Å²) in [6.07, 6.45) is 11.6. The molecule has 13 heteroatoms. The van der Waals surface area contributed by atoms with Gasteiger partial charge in [0.2, 0.25) is 0 Å². The Bertz CT molecular complexity index is 1640. The first-order chi connectivity index (χ1) is 19.2. The Morgan fingerprint density at radius 3 is 2.60 bits per heavy atom. The van der Waals surface area contributed by atoms with E-state index in [2.05, 4.69) is 35.7 Å². The van der Waals surface area contributed by atoms with Gasteiger partial charge in [0.1, 0.15) is 23.1 Å². The van der Waals surface area contributed by atoms with Crippen molar-refractivity contribution in [2.24, 2.45) is 0 Å². The second-order valence-corrected chi connectivity index (χ2v) is 12.7. The summed E-state index contributed by atoms with van der Waals surface area (Å²) >= 11 is 0. The summed E-state index contributed by atoms with van der Waals surface area (Å²) in [5.74, 6) is 0.750. The lowest BCUT2D eigenvalue weighted by Crippen LogP contribution is -2.35. The van der Waals surface area contributed by atoms with E-state index in [1.807, 2.05) is 6.92 Å². The van der Waals surface area contributed by atoms with E-state index in [0.29, 0.717) is 60.0 Å². The van der Waals surface area contributed by atoms with E-state index >= 15 is 0 Å². The first kappa shape index (κ1) is 26.3. The predicted molar refractivity (Wildman–Crippen MR) is 148 cm³/mol. The smallest absolute Gasteiger partial charge is 0.256 e. The Hall–Kier alpha value is -3.97. The molecule has 0 bridgehead atoms. The topological polar surface area (TPSA) is 148 Å². The van der Waals surface area contributed by atoms with Crippen molar-refractivity contribution in [3.05, 3.63) is 61.1 Å². The number of pyridine rings is 2. The molecule has 4 heterocycles. The highest BCUT2D eigenvalue weighted by atomic mass is 32.2. The van der Waals surface area contributed by atoms with Crippen LogP contribution >= 0.6 is 0 Å². The summed E-state index contributed by atoms with van der Waals surface area (Å²) in [6, 6.07) is 6.43. The number of halogens is 1. The molecule has 0 saturated heterocycles. The molecule has 11 nitrogen and oxygen atoms in total. The lowest BCUT2D eigenvalue weighted by Gasteiger charge is -2.34. The van der Waals surface area contributed by atoms with E-state index < -0.39 is 21.4 Å². The van der Waals surface area contributed by atoms with E-state index in [0.717, 1.165) is 16.9 Å². The molecule has 208 valence electrons. The fourth-order valence-corrected chi connectivity index (χ4v) is 6.27. The minimum atomic E-state index is -3.49. The van der Waals surface area contributed by atoms with Crippen LogP contribution in [0.15, 0.2) is 55.2 Å². The fourth-order valence-electron chi connectivity index (χ4n) is 4.80. The van der Waals surface area contributed by atoms with Gasteiger partial charge in [-0.2, -0.15) is 9.19 Å². The Morgan fingerprint density at radius 2 is 1.85 bits per heavy atom. The van der Waals surface area contributed by atoms with Crippen molar-refractivity contribution in [2.45, 2.75) is 62.3 Å². The van der Waals surface area contributed by atoms with Gasteiger partial charge in [-0.05, 0) is 63.6 Å². The zero-order valence-electron chi connectivity index (χ0n) is 21.8. The highest BCUT2D eigenvalue weighted by Crippen LogP contribution is 2.35. The minimum absolute atomic E-state index is 0.0927. The van der Waals surface area contributed by atoms with Gasteiger partial charge in [0, 0.05) is 41.9 Å². The Kier molecular flexibility index (Phi) is 6.70. The molecule has 0 aliphatic heterocycles. The number of hydrogen-bond acceptors (Lipinski definition) is 10. The van der Waals surface area contributed by atoms with Gasteiger partial charge in [-0.1, -0.05) is 0 Å². The number of aliphatic hydroxyl groups is 1. The van der Waals surface area contributed by atoms with Crippen LogP contribution < -0.4 is 10.6 Å². The van der Waals surface area contributed by atoms with Crippen molar-refractivity contribution in [1.82, 2.24) is 29.1 Å². The van der Waals surface area contributed by atoms with E-state index in [1.165, 1.54) is 30.7 Å². The zero-order chi connectivity index (χ0) is 27.9. The average Bonchev–Trinajstić information content (AvgIpc) is 3.68. The number of hydrogen-bond donors (Lipinski definition) is 3. The van der Waals surface area contributed by atoms with Crippen LogP contribution in [0.4, 0.5) is 21.7 Å². The molecule has 2 saturated carbocycles. The van der Waals surface area contributed by atoms with Gasteiger partial charge in [-0.3, -0.25) is 4.98 Å². The molecule has 0 unspecified atom stereocenters. The summed E-state index contributed by atoms with van der Waals surface area (Å²) < 4.78 is 40.7. The number of aromatic nitrogens is 6. The van der Waals surface area contributed by atoms with E-state index in [9.17, 15) is 17.9 Å². The molecule has 0 atom stereocenters. The summed E-state index contributed by atoms with van der Waals surface area (Å²) in [5.41, 5.74) is 1.16. The SMILES string of the molecule is CC1(O)CCC(Nc2cc(Nc3ccnc(-c4cnn(S(=O)(=O)C5CC5)c4)n3)ncc2-c2ncccc2F)CC1. The van der Waals surface area contributed by atoms with Crippen molar-refractivity contribution in [3.63, 3.8) is 0 Å². The molecule has 0 aromatic carbocycles. The summed E-state index contributed by atoms with van der Waals surface area (Å²) in [7, 11) is -3.49. The standard InChI is InChI=1S/C27H29FN8O3S/c1-27(37)9-6-18(7-10-27)33-22-13-24(31-15-20(22)25-21(28)3-2-11-29-25)34-23-8-12-30-26(35-23)17-14-32-36(16-17)40(38,39)19-4-5-19/h2-3,8,11-16,18-19,37H,4-7,9-10H2,1H3,(H2,30,31,33,34,35). The van der Waals surface area contributed by atoms with Crippen molar-refractivity contribution in [1.29, 1.82) is 0 Å². The highest BCUT2D eigenvalue weighted by molar-refractivity contribution is 7.90. The van der Waals surface area contributed by atoms with Crippen LogP contribution in [-0.4, -0.2) is 59.5 Å². The number of rotatable bonds is 8. The predicted octanol–water partition coefficient (Wildman–Crippen LogP) is 4.13. The minimum Gasteiger partial charge on any atom is -0.390 e. The maximum absolute atomic E-state index is 14.7. The van der Waals surface area contributed by atoms with Crippen molar-refractivity contribution in [2.75, 3.05) is 10.6 Å². The first-order valence-electron chi connectivity index (χ1n) is 13.2. The first-order valence-corrected chi connectivity index (χ1v) is 14.7. The lowest BCUT2D eigenvalue weighted by atomic mass is 9.83. The molecule has 0 radical (unpaired) electrons. The monoisotopic (exact) mass is 564 g/mol. The van der Waals surface area contributed by atoms with Crippen LogP contribution in [-0.2, 0) is 10.0 Å². The van der Waals surface area contributed by atoms with Gasteiger partial charge in [0.05, 0.1) is 28.8 Å². The fraction of sp³-hybridized carbons (Fsp3) is 0.370. The molecule has 2 aliphatic carbocycles. The average molecular weight is 565 g/mol. The normalized spacial score (nSPS) is 21.2. The van der Waals surface area contributed by atoms with Crippen molar-refractivity contribution >= 4 is 27.3 Å². The Morgan fingerprint density at radius 1 is 1.05 bits per heavy atom. The molecule has 4 aromatic heterocycles. The largest absolute Gasteiger partial charge is 0.390 e. The van der Waals surface area contributed by atoms with Crippen LogP contribution in [0.25, 0.3) is 22.6 Å². The van der Waals surface area contributed by atoms with Gasteiger partial charge < -0.3 is 15.7 Å². The molecule has 0 spiro atoms. The third-order valence-electron chi connectivity index (χ3n) is 7.28. The van der Waals surface area contributed by atoms with Gasteiger partial charge in [-0.15, -0.1) is 0 Å². The van der Waals surface area contributed by atoms with E-state index in [1.54, 1.807) is 24.5 Å². The maximum atomic E-state index is 14.7. The van der Waals surface area contributed by atoms with Gasteiger partial charge >= 0.3 is 0 Å². The lowest BCUT2D eigenvalue weighted by molar-refractivity contribution is 0.0196. The van der Waals surface area contributed by atoms with Crippen LogP contribution in [0.5, 0.6) is 0 Å². The van der Waals surface area contributed by atoms with Crippen LogP contribution in [0, 0.1) is 5.82 Å². The molecule has 4 aromatic rings. The second kappa shape index (κ2) is 10.2. The van der Waals surface area contributed by atoms with Crippen molar-refractivity contribution < 1.29 is 17.9 Å². The number of nitrogens with one attached hydrogen (secondary N) is 2. The highest BCUT2D eigenvalue weighted by Gasteiger charge is 2.37. The van der Waals surface area contributed by atoms with Gasteiger partial charge in [0.15, 0.2) is 5.82 Å². The van der Waals surface area contributed by atoms with Crippen LogP contribution in [0.1, 0.15) is 45.4 Å². The third-order valence-corrected chi connectivity index (χ3v) is 9.31. The number of anilines is 3. The molecular formula is C27H29FN8O3S. The Balaban J connectivity index is 1.27. The van der Waals surface area contributed by atoms with Crippen molar-refractivity contribution in [3.8, 4) is 22.6 Å².